The first-order chi connectivity index (χ1) is 10.0. The van der Waals surface area contributed by atoms with Gasteiger partial charge in [0.2, 0.25) is 0 Å². The molecule has 1 aromatic heterocycles. The van der Waals surface area contributed by atoms with E-state index in [9.17, 15) is 0 Å². The molecule has 1 atom stereocenters. The van der Waals surface area contributed by atoms with Gasteiger partial charge >= 0.3 is 0 Å². The molecule has 1 aromatic carbocycles. The summed E-state index contributed by atoms with van der Waals surface area (Å²) in [4.78, 5) is 4.54. The Balaban J connectivity index is 1.92. The van der Waals surface area contributed by atoms with Crippen molar-refractivity contribution in [2.45, 2.75) is 38.6 Å². The summed E-state index contributed by atoms with van der Waals surface area (Å²) < 4.78 is 5.84. The van der Waals surface area contributed by atoms with Crippen LogP contribution < -0.4 is 10.5 Å². The maximum atomic E-state index is 8.86. The maximum Gasteiger partial charge on any atom is 0.145 e. The molecule has 0 aliphatic heterocycles. The largest absolute Gasteiger partial charge is 0.491 e. The van der Waals surface area contributed by atoms with Gasteiger partial charge < -0.3 is 10.5 Å². The third kappa shape index (κ3) is 4.17. The molecule has 2 rings (SSSR count). The van der Waals surface area contributed by atoms with Crippen LogP contribution in [0.2, 0.25) is 0 Å². The van der Waals surface area contributed by atoms with Crippen LogP contribution in [0.3, 0.4) is 0 Å². The number of aryl methyl sites for hydroxylation is 1. The Kier molecular flexibility index (Phi) is 4.77. The molecule has 4 nitrogen and oxygen atoms in total. The maximum absolute atomic E-state index is 8.86. The lowest BCUT2D eigenvalue weighted by Gasteiger charge is -2.15. The lowest BCUT2D eigenvalue weighted by molar-refractivity contribution is 0.303. The summed E-state index contributed by atoms with van der Waals surface area (Å²) in [6.07, 6.45) is 2.42. The summed E-state index contributed by atoms with van der Waals surface area (Å²) in [5.41, 5.74) is 6.93. The second kappa shape index (κ2) is 6.55. The van der Waals surface area contributed by atoms with Gasteiger partial charge in [0, 0.05) is 11.1 Å². The number of nitriles is 1. The van der Waals surface area contributed by atoms with E-state index in [1.807, 2.05) is 31.2 Å². The SMILES string of the molecule is Cc1ccc2cccc(OCCCCC(C)(N)C#N)c2n1. The summed E-state index contributed by atoms with van der Waals surface area (Å²) in [6.45, 7) is 4.34. The topological polar surface area (TPSA) is 71.9 Å². The summed E-state index contributed by atoms with van der Waals surface area (Å²) >= 11 is 0. The number of nitrogens with zero attached hydrogens (tertiary/aromatic N) is 2. The number of unbranched alkanes of at least 4 members (excludes halogenated alkanes) is 1. The van der Waals surface area contributed by atoms with Gasteiger partial charge in [-0.1, -0.05) is 18.2 Å². The molecule has 21 heavy (non-hydrogen) atoms. The molecule has 2 aromatic rings. The molecule has 0 saturated heterocycles. The first-order valence-corrected chi connectivity index (χ1v) is 7.21. The minimum atomic E-state index is -0.738. The van der Waals surface area contributed by atoms with Crippen molar-refractivity contribution in [3.63, 3.8) is 0 Å². The van der Waals surface area contributed by atoms with Crippen molar-refractivity contribution in [1.29, 1.82) is 5.26 Å². The van der Waals surface area contributed by atoms with Gasteiger partial charge in [0.1, 0.15) is 16.8 Å². The lowest BCUT2D eigenvalue weighted by atomic mass is 9.98. The molecule has 1 heterocycles. The Morgan fingerprint density at radius 3 is 2.86 bits per heavy atom. The van der Waals surface area contributed by atoms with E-state index in [4.69, 9.17) is 15.7 Å². The van der Waals surface area contributed by atoms with Crippen molar-refractivity contribution in [1.82, 2.24) is 4.98 Å². The number of aromatic nitrogens is 1. The van der Waals surface area contributed by atoms with E-state index in [1.165, 1.54) is 0 Å². The van der Waals surface area contributed by atoms with Crippen molar-refractivity contribution in [2.24, 2.45) is 5.73 Å². The van der Waals surface area contributed by atoms with E-state index in [2.05, 4.69) is 17.1 Å². The van der Waals surface area contributed by atoms with E-state index in [1.54, 1.807) is 6.92 Å². The Hall–Kier alpha value is -2.12. The van der Waals surface area contributed by atoms with Crippen molar-refractivity contribution in [2.75, 3.05) is 6.61 Å². The Bertz CT molecular complexity index is 659. The van der Waals surface area contributed by atoms with Gasteiger partial charge in [0.25, 0.3) is 0 Å². The van der Waals surface area contributed by atoms with E-state index < -0.39 is 5.54 Å². The normalized spacial score (nSPS) is 13.6. The molecule has 0 aliphatic carbocycles. The third-order valence-electron chi connectivity index (χ3n) is 3.43. The minimum absolute atomic E-state index is 0.607. The molecule has 1 unspecified atom stereocenters. The first kappa shape index (κ1) is 15.3. The number of rotatable bonds is 6. The standard InChI is InChI=1S/C17H21N3O/c1-13-8-9-14-6-5-7-15(16(14)20-13)21-11-4-3-10-17(2,19)12-18/h5-9H,3-4,10-11,19H2,1-2H3. The van der Waals surface area contributed by atoms with Crippen LogP contribution in [0.1, 0.15) is 31.9 Å². The fourth-order valence-electron chi connectivity index (χ4n) is 2.17. The summed E-state index contributed by atoms with van der Waals surface area (Å²) in [7, 11) is 0. The molecule has 0 amide bonds. The van der Waals surface area contributed by atoms with Crippen LogP contribution in [0.4, 0.5) is 0 Å². The summed E-state index contributed by atoms with van der Waals surface area (Å²) in [5, 5.41) is 9.94. The highest BCUT2D eigenvalue weighted by Crippen LogP contribution is 2.24. The van der Waals surface area contributed by atoms with Gasteiger partial charge in [-0.25, -0.2) is 4.98 Å². The van der Waals surface area contributed by atoms with Gasteiger partial charge in [-0.15, -0.1) is 0 Å². The van der Waals surface area contributed by atoms with E-state index >= 15 is 0 Å². The van der Waals surface area contributed by atoms with Crippen LogP contribution in [0.15, 0.2) is 30.3 Å². The molecule has 0 spiro atoms. The van der Waals surface area contributed by atoms with E-state index in [0.717, 1.165) is 35.2 Å². The predicted octanol–water partition coefficient (Wildman–Crippen LogP) is 3.33. The highest BCUT2D eigenvalue weighted by molar-refractivity contribution is 5.84. The van der Waals surface area contributed by atoms with Crippen LogP contribution in [-0.2, 0) is 0 Å². The van der Waals surface area contributed by atoms with E-state index in [0.29, 0.717) is 13.0 Å². The van der Waals surface area contributed by atoms with Gasteiger partial charge in [-0.05, 0) is 45.2 Å². The smallest absolute Gasteiger partial charge is 0.145 e. The first-order valence-electron chi connectivity index (χ1n) is 7.21. The summed E-state index contributed by atoms with van der Waals surface area (Å²) in [6, 6.07) is 12.1. The van der Waals surface area contributed by atoms with Crippen LogP contribution in [0.5, 0.6) is 5.75 Å². The number of nitrogens with two attached hydrogens (primary N) is 1. The number of hydrogen-bond acceptors (Lipinski definition) is 4. The van der Waals surface area contributed by atoms with Crippen molar-refractivity contribution in [3.05, 3.63) is 36.0 Å². The average Bonchev–Trinajstić information content (AvgIpc) is 2.47. The van der Waals surface area contributed by atoms with Crippen LogP contribution >= 0.6 is 0 Å². The zero-order valence-corrected chi connectivity index (χ0v) is 12.6. The quantitative estimate of drug-likeness (QED) is 0.825. The van der Waals surface area contributed by atoms with Crippen LogP contribution in [0.25, 0.3) is 10.9 Å². The molecule has 0 fully saturated rings. The fourth-order valence-corrected chi connectivity index (χ4v) is 2.17. The Morgan fingerprint density at radius 2 is 2.10 bits per heavy atom. The molecule has 2 N–H and O–H groups in total. The predicted molar refractivity (Wildman–Crippen MR) is 84.0 cm³/mol. The highest BCUT2D eigenvalue weighted by Gasteiger charge is 2.15. The second-order valence-electron chi connectivity index (χ2n) is 5.62. The highest BCUT2D eigenvalue weighted by atomic mass is 16.5. The van der Waals surface area contributed by atoms with Crippen LogP contribution in [-0.4, -0.2) is 17.1 Å². The monoisotopic (exact) mass is 283 g/mol. The molecule has 110 valence electrons. The zero-order chi connectivity index (χ0) is 15.3. The van der Waals surface area contributed by atoms with Crippen molar-refractivity contribution in [3.8, 4) is 11.8 Å². The Morgan fingerprint density at radius 1 is 1.29 bits per heavy atom. The van der Waals surface area contributed by atoms with Crippen LogP contribution in [0, 0.1) is 18.3 Å². The zero-order valence-electron chi connectivity index (χ0n) is 12.6. The molecule has 0 radical (unpaired) electrons. The lowest BCUT2D eigenvalue weighted by Crippen LogP contribution is -2.33. The molecule has 4 heteroatoms. The second-order valence-corrected chi connectivity index (χ2v) is 5.62. The third-order valence-corrected chi connectivity index (χ3v) is 3.43. The number of hydrogen-bond donors (Lipinski definition) is 1. The number of para-hydroxylation sites is 1. The molecule has 0 saturated carbocycles. The summed E-state index contributed by atoms with van der Waals surface area (Å²) in [5.74, 6) is 0.812. The molecule has 0 bridgehead atoms. The number of fused-ring (bicyclic) bond motifs is 1. The van der Waals surface area contributed by atoms with Crippen molar-refractivity contribution >= 4 is 10.9 Å². The fraction of sp³-hybridized carbons (Fsp3) is 0.412. The van der Waals surface area contributed by atoms with Crippen molar-refractivity contribution < 1.29 is 4.74 Å². The molecule has 0 aliphatic rings. The minimum Gasteiger partial charge on any atom is -0.491 e. The number of ether oxygens (including phenoxy) is 1. The van der Waals surface area contributed by atoms with Gasteiger partial charge in [-0.2, -0.15) is 5.26 Å². The molecular formula is C17H21N3O. The van der Waals surface area contributed by atoms with Gasteiger partial charge in [0.05, 0.1) is 12.7 Å². The number of benzene rings is 1. The Labute approximate surface area is 125 Å². The number of pyridine rings is 1. The molecular weight excluding hydrogens is 262 g/mol. The van der Waals surface area contributed by atoms with Gasteiger partial charge in [0.15, 0.2) is 0 Å². The van der Waals surface area contributed by atoms with Gasteiger partial charge in [-0.3, -0.25) is 0 Å². The average molecular weight is 283 g/mol. The van der Waals surface area contributed by atoms with E-state index in [-0.39, 0.29) is 0 Å².